The summed E-state index contributed by atoms with van der Waals surface area (Å²) in [7, 11) is 0. The van der Waals surface area contributed by atoms with Crippen LogP contribution in [-0.4, -0.2) is 28.4 Å². The Kier molecular flexibility index (Phi) is 7.87. The van der Waals surface area contributed by atoms with Gasteiger partial charge in [0.1, 0.15) is 0 Å². The highest BCUT2D eigenvalue weighted by atomic mass is 127. The first-order valence-electron chi connectivity index (χ1n) is 5.73. The zero-order valence-electron chi connectivity index (χ0n) is 9.14. The van der Waals surface area contributed by atoms with Crippen molar-refractivity contribution in [3.63, 3.8) is 0 Å². The molecule has 1 N–H and O–H groups in total. The molecule has 0 aromatic rings. The molecular weight excluding hydrogens is 321 g/mol. The SMILES string of the molecule is O=C(CC1CCSCC1)NCCCCI. The van der Waals surface area contributed by atoms with Gasteiger partial charge in [0.15, 0.2) is 0 Å². The molecule has 0 spiro atoms. The van der Waals surface area contributed by atoms with Crippen molar-refractivity contribution in [1.82, 2.24) is 5.32 Å². The maximum Gasteiger partial charge on any atom is 0.220 e. The van der Waals surface area contributed by atoms with Crippen molar-refractivity contribution in [2.45, 2.75) is 32.1 Å². The van der Waals surface area contributed by atoms with Gasteiger partial charge in [-0.05, 0) is 47.5 Å². The number of alkyl halides is 1. The Hall–Kier alpha value is 0.550. The zero-order valence-corrected chi connectivity index (χ0v) is 12.1. The first-order valence-corrected chi connectivity index (χ1v) is 8.41. The summed E-state index contributed by atoms with van der Waals surface area (Å²) in [4.78, 5) is 11.6. The fourth-order valence-corrected chi connectivity index (χ4v) is 3.48. The van der Waals surface area contributed by atoms with E-state index in [4.69, 9.17) is 0 Å². The van der Waals surface area contributed by atoms with E-state index in [0.29, 0.717) is 5.92 Å². The average molecular weight is 341 g/mol. The molecule has 0 bridgehead atoms. The van der Waals surface area contributed by atoms with Crippen LogP contribution in [0.25, 0.3) is 0 Å². The number of amides is 1. The van der Waals surface area contributed by atoms with Crippen LogP contribution in [0.1, 0.15) is 32.1 Å². The van der Waals surface area contributed by atoms with Gasteiger partial charge in [0, 0.05) is 13.0 Å². The van der Waals surface area contributed by atoms with Gasteiger partial charge in [-0.25, -0.2) is 0 Å². The molecule has 1 heterocycles. The quantitative estimate of drug-likeness (QED) is 0.457. The summed E-state index contributed by atoms with van der Waals surface area (Å²) in [6.07, 6.45) is 5.54. The molecule has 0 atom stereocenters. The lowest BCUT2D eigenvalue weighted by Gasteiger charge is -2.20. The Bertz CT molecular complexity index is 183. The predicted molar refractivity (Wildman–Crippen MR) is 75.8 cm³/mol. The molecule has 4 heteroatoms. The minimum Gasteiger partial charge on any atom is -0.356 e. The van der Waals surface area contributed by atoms with Gasteiger partial charge in [0.05, 0.1) is 0 Å². The van der Waals surface area contributed by atoms with E-state index < -0.39 is 0 Å². The Balaban J connectivity index is 2.01. The number of halogens is 1. The number of thioether (sulfide) groups is 1. The van der Waals surface area contributed by atoms with Crippen molar-refractivity contribution >= 4 is 40.3 Å². The van der Waals surface area contributed by atoms with E-state index in [0.717, 1.165) is 19.4 Å². The van der Waals surface area contributed by atoms with Gasteiger partial charge in [-0.15, -0.1) is 0 Å². The molecule has 0 saturated carbocycles. The summed E-state index contributed by atoms with van der Waals surface area (Å²) in [6, 6.07) is 0. The number of unbranched alkanes of at least 4 members (excludes halogenated alkanes) is 1. The van der Waals surface area contributed by atoms with Gasteiger partial charge in [0.25, 0.3) is 0 Å². The Morgan fingerprint density at radius 1 is 1.33 bits per heavy atom. The van der Waals surface area contributed by atoms with Gasteiger partial charge in [0.2, 0.25) is 5.91 Å². The molecule has 1 fully saturated rings. The Labute approximate surface area is 110 Å². The minimum absolute atomic E-state index is 0.264. The highest BCUT2D eigenvalue weighted by Gasteiger charge is 2.16. The second kappa shape index (κ2) is 8.67. The van der Waals surface area contributed by atoms with Crippen LogP contribution in [0, 0.1) is 5.92 Å². The van der Waals surface area contributed by atoms with Crippen LogP contribution in [-0.2, 0) is 4.79 Å². The van der Waals surface area contributed by atoms with Crippen molar-refractivity contribution < 1.29 is 4.79 Å². The topological polar surface area (TPSA) is 29.1 Å². The Morgan fingerprint density at radius 2 is 2.07 bits per heavy atom. The normalized spacial score (nSPS) is 17.7. The monoisotopic (exact) mass is 341 g/mol. The third-order valence-corrected chi connectivity index (χ3v) is 4.51. The van der Waals surface area contributed by atoms with Gasteiger partial charge < -0.3 is 5.32 Å². The summed E-state index contributed by atoms with van der Waals surface area (Å²) < 4.78 is 1.19. The molecule has 0 aliphatic carbocycles. The molecular formula is C11H20INOS. The van der Waals surface area contributed by atoms with Crippen LogP contribution < -0.4 is 5.32 Å². The maximum absolute atomic E-state index is 11.6. The van der Waals surface area contributed by atoms with Gasteiger partial charge in [-0.2, -0.15) is 11.8 Å². The molecule has 0 aromatic carbocycles. The lowest BCUT2D eigenvalue weighted by Crippen LogP contribution is -2.27. The van der Waals surface area contributed by atoms with Crippen LogP contribution >= 0.6 is 34.4 Å². The number of hydrogen-bond donors (Lipinski definition) is 1. The van der Waals surface area contributed by atoms with Crippen LogP contribution in [0.15, 0.2) is 0 Å². The first-order chi connectivity index (χ1) is 7.33. The molecule has 0 unspecified atom stereocenters. The van der Waals surface area contributed by atoms with Gasteiger partial charge >= 0.3 is 0 Å². The van der Waals surface area contributed by atoms with Crippen LogP contribution in [0.5, 0.6) is 0 Å². The van der Waals surface area contributed by atoms with E-state index in [-0.39, 0.29) is 5.91 Å². The van der Waals surface area contributed by atoms with Crippen molar-refractivity contribution in [1.29, 1.82) is 0 Å². The lowest BCUT2D eigenvalue weighted by atomic mass is 9.98. The summed E-state index contributed by atoms with van der Waals surface area (Å²) in [5.41, 5.74) is 0. The standard InChI is InChI=1S/C11H20INOS/c12-5-1-2-6-13-11(14)9-10-3-7-15-8-4-10/h10H,1-9H2,(H,13,14). The van der Waals surface area contributed by atoms with Crippen molar-refractivity contribution in [2.75, 3.05) is 22.5 Å². The molecule has 1 aliphatic heterocycles. The molecule has 1 rings (SSSR count). The number of rotatable bonds is 6. The molecule has 15 heavy (non-hydrogen) atoms. The molecule has 1 saturated heterocycles. The molecule has 1 amide bonds. The summed E-state index contributed by atoms with van der Waals surface area (Å²) in [6.45, 7) is 0.864. The van der Waals surface area contributed by atoms with Crippen LogP contribution in [0.4, 0.5) is 0 Å². The summed E-state index contributed by atoms with van der Waals surface area (Å²) in [5.74, 6) is 3.40. The molecule has 0 aromatic heterocycles. The third kappa shape index (κ3) is 6.66. The van der Waals surface area contributed by atoms with E-state index in [1.807, 2.05) is 11.8 Å². The summed E-state index contributed by atoms with van der Waals surface area (Å²) >= 11 is 4.39. The largest absolute Gasteiger partial charge is 0.356 e. The van der Waals surface area contributed by atoms with Crippen molar-refractivity contribution in [3.05, 3.63) is 0 Å². The first kappa shape index (κ1) is 13.6. The van der Waals surface area contributed by atoms with E-state index in [1.165, 1.54) is 35.2 Å². The fraction of sp³-hybridized carbons (Fsp3) is 0.909. The maximum atomic E-state index is 11.6. The van der Waals surface area contributed by atoms with Gasteiger partial charge in [-0.3, -0.25) is 4.79 Å². The van der Waals surface area contributed by atoms with Crippen LogP contribution in [0.3, 0.4) is 0 Å². The third-order valence-electron chi connectivity index (χ3n) is 2.70. The lowest BCUT2D eigenvalue weighted by molar-refractivity contribution is -0.122. The molecule has 88 valence electrons. The molecule has 2 nitrogen and oxygen atoms in total. The zero-order chi connectivity index (χ0) is 10.9. The number of hydrogen-bond acceptors (Lipinski definition) is 2. The van der Waals surface area contributed by atoms with E-state index in [9.17, 15) is 4.79 Å². The number of carbonyl (C=O) groups is 1. The second-order valence-corrected chi connectivity index (χ2v) is 6.31. The average Bonchev–Trinajstić information content (AvgIpc) is 2.26. The van der Waals surface area contributed by atoms with E-state index in [1.54, 1.807) is 0 Å². The van der Waals surface area contributed by atoms with E-state index in [2.05, 4.69) is 27.9 Å². The second-order valence-electron chi connectivity index (χ2n) is 4.01. The van der Waals surface area contributed by atoms with Crippen molar-refractivity contribution in [3.8, 4) is 0 Å². The van der Waals surface area contributed by atoms with E-state index >= 15 is 0 Å². The summed E-state index contributed by atoms with van der Waals surface area (Å²) in [5, 5.41) is 3.02. The smallest absolute Gasteiger partial charge is 0.220 e. The highest BCUT2D eigenvalue weighted by Crippen LogP contribution is 2.24. The number of carbonyl (C=O) groups excluding carboxylic acids is 1. The fourth-order valence-electron chi connectivity index (χ4n) is 1.73. The Morgan fingerprint density at radius 3 is 2.73 bits per heavy atom. The molecule has 1 aliphatic rings. The molecule has 0 radical (unpaired) electrons. The van der Waals surface area contributed by atoms with Crippen molar-refractivity contribution in [2.24, 2.45) is 5.92 Å². The van der Waals surface area contributed by atoms with Crippen LogP contribution in [0.2, 0.25) is 0 Å². The number of nitrogens with one attached hydrogen (secondary N) is 1. The predicted octanol–water partition coefficient (Wildman–Crippen LogP) is 2.85. The minimum atomic E-state index is 0.264. The van der Waals surface area contributed by atoms with Gasteiger partial charge in [-0.1, -0.05) is 22.6 Å². The highest BCUT2D eigenvalue weighted by molar-refractivity contribution is 14.1.